The molecule has 12 heteroatoms. The summed E-state index contributed by atoms with van der Waals surface area (Å²) in [7, 11) is 0. The molecule has 0 aliphatic rings. The lowest BCUT2D eigenvalue weighted by atomic mass is 10.1. The Morgan fingerprint density at radius 2 is 1.64 bits per heavy atom. The first-order valence-electron chi connectivity index (χ1n) is 9.04. The minimum atomic E-state index is -6.44. The predicted octanol–water partition coefficient (Wildman–Crippen LogP) is 7.50. The molecule has 0 heterocycles. The zero-order valence-electron chi connectivity index (χ0n) is 16.2. The first kappa shape index (κ1) is 25.5. The van der Waals surface area contributed by atoms with Crippen molar-refractivity contribution in [3.63, 3.8) is 0 Å². The highest BCUT2D eigenvalue weighted by Gasteiger charge is 2.73. The largest absolute Gasteiger partial charge is 0.487 e. The Bertz CT molecular complexity index is 1160. The summed E-state index contributed by atoms with van der Waals surface area (Å²) in [5.41, 5.74) is 1.67. The van der Waals surface area contributed by atoms with Crippen LogP contribution in [0, 0.1) is 3.57 Å². The molecule has 3 aromatic carbocycles. The molecule has 0 saturated heterocycles. The highest BCUT2D eigenvalue weighted by atomic mass is 127. The van der Waals surface area contributed by atoms with Gasteiger partial charge < -0.3 is 4.74 Å². The first-order chi connectivity index (χ1) is 15.3. The Balaban J connectivity index is 1.74. The topological polar surface area (TPSA) is 33.6 Å². The third-order valence-electron chi connectivity index (χ3n) is 4.44. The van der Waals surface area contributed by atoms with Crippen molar-refractivity contribution in [2.45, 2.75) is 24.8 Å². The number of ether oxygens (including phenoxy) is 1. The van der Waals surface area contributed by atoms with E-state index in [4.69, 9.17) is 4.74 Å². The van der Waals surface area contributed by atoms with E-state index in [0.29, 0.717) is 25.4 Å². The molecular formula is C21H13BrF7IN2O. The molecular weight excluding hydrogens is 636 g/mol. The standard InChI is InChI=1S/C21H13BrF7IN2O/c22-16-8-12(10-31-32-21(28,29)19(23,24)20(25,26)27)9-17(30)18(16)33-11-14-6-3-5-13-4-1-2-7-15(13)14/h1-10,32H,11H2/b31-10+. The summed E-state index contributed by atoms with van der Waals surface area (Å²) in [4.78, 5) is 0. The highest BCUT2D eigenvalue weighted by Crippen LogP contribution is 2.45. The van der Waals surface area contributed by atoms with Gasteiger partial charge in [-0.1, -0.05) is 42.5 Å². The third-order valence-corrected chi connectivity index (χ3v) is 5.83. The lowest BCUT2D eigenvalue weighted by Crippen LogP contribution is -2.58. The molecule has 0 fully saturated rings. The lowest BCUT2D eigenvalue weighted by molar-refractivity contribution is -0.361. The maximum atomic E-state index is 13.3. The van der Waals surface area contributed by atoms with Crippen molar-refractivity contribution in [1.82, 2.24) is 5.43 Å². The highest BCUT2D eigenvalue weighted by molar-refractivity contribution is 14.1. The van der Waals surface area contributed by atoms with Gasteiger partial charge >= 0.3 is 18.1 Å². The molecule has 3 rings (SSSR count). The SMILES string of the molecule is FC(F)(F)C(F)(F)C(F)(F)N/N=C/c1cc(Br)c(OCc2cccc3ccccc23)c(I)c1. The molecule has 0 aromatic heterocycles. The number of hydrogen-bond donors (Lipinski definition) is 1. The van der Waals surface area contributed by atoms with Gasteiger partial charge in [-0.2, -0.15) is 35.8 Å². The minimum absolute atomic E-state index is 0.155. The van der Waals surface area contributed by atoms with E-state index < -0.39 is 18.1 Å². The van der Waals surface area contributed by atoms with Crippen LogP contribution in [-0.2, 0) is 6.61 Å². The number of rotatable bonds is 7. The molecule has 0 aliphatic heterocycles. The normalized spacial score (nSPS) is 13.0. The Morgan fingerprint density at radius 3 is 2.30 bits per heavy atom. The molecule has 0 aliphatic carbocycles. The first-order valence-corrected chi connectivity index (χ1v) is 10.9. The van der Waals surface area contributed by atoms with Gasteiger partial charge in [-0.3, -0.25) is 0 Å². The van der Waals surface area contributed by atoms with Gasteiger partial charge in [0, 0.05) is 0 Å². The summed E-state index contributed by atoms with van der Waals surface area (Å²) in [5.74, 6) is -5.87. The summed E-state index contributed by atoms with van der Waals surface area (Å²) in [6, 6.07) is 10.7. The molecule has 0 unspecified atom stereocenters. The number of nitrogens with zero attached hydrogens (tertiary/aromatic N) is 1. The van der Waals surface area contributed by atoms with Gasteiger partial charge in [0.2, 0.25) is 0 Å². The van der Waals surface area contributed by atoms with E-state index in [9.17, 15) is 30.7 Å². The van der Waals surface area contributed by atoms with Crippen LogP contribution in [0.1, 0.15) is 11.1 Å². The second-order valence-electron chi connectivity index (χ2n) is 6.76. The van der Waals surface area contributed by atoms with Crippen LogP contribution in [0.3, 0.4) is 0 Å². The van der Waals surface area contributed by atoms with Crippen LogP contribution in [0.5, 0.6) is 5.75 Å². The van der Waals surface area contributed by atoms with E-state index in [1.165, 1.54) is 12.1 Å². The molecule has 0 radical (unpaired) electrons. The third kappa shape index (κ3) is 5.53. The van der Waals surface area contributed by atoms with E-state index in [0.717, 1.165) is 16.3 Å². The van der Waals surface area contributed by atoms with E-state index in [-0.39, 0.29) is 12.2 Å². The molecule has 0 spiro atoms. The Labute approximate surface area is 205 Å². The second-order valence-corrected chi connectivity index (χ2v) is 8.77. The van der Waals surface area contributed by atoms with Crippen LogP contribution in [-0.4, -0.2) is 24.4 Å². The van der Waals surface area contributed by atoms with Gasteiger partial charge in [0.25, 0.3) is 0 Å². The van der Waals surface area contributed by atoms with Gasteiger partial charge in [0.05, 0.1) is 14.3 Å². The Hall–Kier alpha value is -2.09. The van der Waals surface area contributed by atoms with Crippen molar-refractivity contribution >= 4 is 55.5 Å². The van der Waals surface area contributed by atoms with E-state index in [1.54, 1.807) is 0 Å². The van der Waals surface area contributed by atoms with Gasteiger partial charge in [0.15, 0.2) is 0 Å². The van der Waals surface area contributed by atoms with E-state index in [2.05, 4.69) is 21.0 Å². The van der Waals surface area contributed by atoms with Crippen molar-refractivity contribution in [3.05, 3.63) is 73.8 Å². The average Bonchev–Trinajstić information content (AvgIpc) is 2.72. The van der Waals surface area contributed by atoms with Crippen LogP contribution in [0.2, 0.25) is 0 Å². The van der Waals surface area contributed by atoms with Gasteiger partial charge in [-0.15, -0.1) is 0 Å². The molecule has 3 aromatic rings. The summed E-state index contributed by atoms with van der Waals surface area (Å²) >= 11 is 5.19. The minimum Gasteiger partial charge on any atom is -0.487 e. The average molecular weight is 649 g/mol. The van der Waals surface area contributed by atoms with E-state index in [1.807, 2.05) is 65.1 Å². The Morgan fingerprint density at radius 1 is 0.970 bits per heavy atom. The van der Waals surface area contributed by atoms with Crippen molar-refractivity contribution in [2.24, 2.45) is 5.10 Å². The maximum Gasteiger partial charge on any atom is 0.462 e. The number of hydrazone groups is 1. The van der Waals surface area contributed by atoms with Crippen molar-refractivity contribution < 1.29 is 35.5 Å². The molecule has 33 heavy (non-hydrogen) atoms. The molecule has 0 amide bonds. The van der Waals surface area contributed by atoms with Crippen molar-refractivity contribution in [1.29, 1.82) is 0 Å². The van der Waals surface area contributed by atoms with E-state index >= 15 is 0 Å². The van der Waals surface area contributed by atoms with Crippen LogP contribution >= 0.6 is 38.5 Å². The summed E-state index contributed by atoms with van der Waals surface area (Å²) < 4.78 is 95.7. The number of benzene rings is 3. The van der Waals surface area contributed by atoms with Gasteiger partial charge in [0.1, 0.15) is 12.4 Å². The molecule has 176 valence electrons. The fraction of sp³-hybridized carbons (Fsp3) is 0.190. The molecule has 3 nitrogen and oxygen atoms in total. The van der Waals surface area contributed by atoms with Gasteiger partial charge in [-0.05, 0) is 72.6 Å². The Kier molecular flexibility index (Phi) is 7.46. The molecule has 0 bridgehead atoms. The molecule has 0 saturated carbocycles. The second kappa shape index (κ2) is 9.65. The number of alkyl halides is 7. The molecule has 1 N–H and O–H groups in total. The zero-order chi connectivity index (χ0) is 24.4. The number of hydrogen-bond acceptors (Lipinski definition) is 3. The fourth-order valence-electron chi connectivity index (χ4n) is 2.80. The maximum absolute atomic E-state index is 13.3. The fourth-order valence-corrected chi connectivity index (χ4v) is 4.57. The number of nitrogens with one attached hydrogen (secondary N) is 1. The van der Waals surface area contributed by atoms with Crippen molar-refractivity contribution in [2.75, 3.05) is 0 Å². The lowest BCUT2D eigenvalue weighted by Gasteiger charge is -2.27. The van der Waals surface area contributed by atoms with Crippen LogP contribution in [0.15, 0.2) is 64.2 Å². The van der Waals surface area contributed by atoms with Crippen molar-refractivity contribution in [3.8, 4) is 5.75 Å². The predicted molar refractivity (Wildman–Crippen MR) is 122 cm³/mol. The monoisotopic (exact) mass is 648 g/mol. The zero-order valence-corrected chi connectivity index (χ0v) is 20.0. The smallest absolute Gasteiger partial charge is 0.462 e. The summed E-state index contributed by atoms with van der Waals surface area (Å²) in [6.07, 6.45) is -5.75. The quantitative estimate of drug-likeness (QED) is 0.0947. The number of fused-ring (bicyclic) bond motifs is 1. The number of halogens is 9. The summed E-state index contributed by atoms with van der Waals surface area (Å²) in [5, 5.41) is 4.92. The van der Waals surface area contributed by atoms with Crippen LogP contribution in [0.25, 0.3) is 10.8 Å². The van der Waals surface area contributed by atoms with Crippen LogP contribution < -0.4 is 10.2 Å². The van der Waals surface area contributed by atoms with Crippen LogP contribution in [0.4, 0.5) is 30.7 Å². The molecule has 0 atom stereocenters. The summed E-state index contributed by atoms with van der Waals surface area (Å²) in [6.45, 7) is 0.226. The van der Waals surface area contributed by atoms with Gasteiger partial charge in [-0.25, -0.2) is 5.43 Å².